The molecule has 1 aliphatic heterocycles. The van der Waals surface area contributed by atoms with Crippen molar-refractivity contribution in [3.63, 3.8) is 0 Å². The Balaban J connectivity index is 1.45. The fourth-order valence-corrected chi connectivity index (χ4v) is 4.61. The Hall–Kier alpha value is -3.83. The van der Waals surface area contributed by atoms with E-state index in [0.717, 1.165) is 47.4 Å². The standard InChI is InChI=1S/C30H30N4O/c35-30(29-23-31-27-15-7-8-16-28(27)32-29)34(22-21-33-18-9-10-19-33)20-17-26(24-11-3-1-4-12-24)25-13-5-2-6-14-25/h1-8,11-17,23H,9-10,18-22H2. The van der Waals surface area contributed by atoms with Gasteiger partial charge in [-0.15, -0.1) is 0 Å². The third-order valence-corrected chi connectivity index (χ3v) is 6.53. The van der Waals surface area contributed by atoms with Crippen molar-refractivity contribution in [2.45, 2.75) is 12.8 Å². The Morgan fingerprint density at radius 3 is 2.09 bits per heavy atom. The lowest BCUT2D eigenvalue weighted by atomic mass is 9.97. The summed E-state index contributed by atoms with van der Waals surface area (Å²) in [5.41, 5.74) is 5.31. The maximum atomic E-state index is 13.7. The summed E-state index contributed by atoms with van der Waals surface area (Å²) in [4.78, 5) is 27.1. The number of amides is 1. The fraction of sp³-hybridized carbons (Fsp3) is 0.233. The maximum absolute atomic E-state index is 13.7. The first kappa shape index (κ1) is 22.9. The van der Waals surface area contributed by atoms with Crippen LogP contribution >= 0.6 is 0 Å². The molecule has 3 aromatic carbocycles. The molecule has 0 bridgehead atoms. The average molecular weight is 463 g/mol. The first-order valence-corrected chi connectivity index (χ1v) is 12.3. The number of para-hydroxylation sites is 2. The third kappa shape index (κ3) is 5.64. The normalized spacial score (nSPS) is 13.6. The molecule has 0 atom stereocenters. The zero-order valence-corrected chi connectivity index (χ0v) is 19.9. The zero-order valence-electron chi connectivity index (χ0n) is 19.9. The van der Waals surface area contributed by atoms with Gasteiger partial charge in [-0.2, -0.15) is 0 Å². The summed E-state index contributed by atoms with van der Waals surface area (Å²) in [6, 6.07) is 28.4. The monoisotopic (exact) mass is 462 g/mol. The van der Waals surface area contributed by atoms with Crippen molar-refractivity contribution in [3.05, 3.63) is 114 Å². The van der Waals surface area contributed by atoms with Crippen molar-refractivity contribution in [2.24, 2.45) is 0 Å². The maximum Gasteiger partial charge on any atom is 0.274 e. The highest BCUT2D eigenvalue weighted by Gasteiger charge is 2.20. The predicted octanol–water partition coefficient (Wildman–Crippen LogP) is 5.30. The van der Waals surface area contributed by atoms with Crippen molar-refractivity contribution < 1.29 is 4.79 Å². The predicted molar refractivity (Wildman–Crippen MR) is 141 cm³/mol. The molecule has 5 nitrogen and oxygen atoms in total. The Bertz CT molecular complexity index is 1260. The van der Waals surface area contributed by atoms with Gasteiger partial charge in [0, 0.05) is 19.6 Å². The summed E-state index contributed by atoms with van der Waals surface area (Å²) in [6.07, 6.45) is 6.24. The van der Waals surface area contributed by atoms with Crippen LogP contribution in [0.4, 0.5) is 0 Å². The molecule has 0 saturated carbocycles. The number of benzene rings is 3. The van der Waals surface area contributed by atoms with Crippen molar-refractivity contribution in [2.75, 3.05) is 32.7 Å². The SMILES string of the molecule is O=C(c1cnc2ccccc2n1)N(CC=C(c1ccccc1)c1ccccc1)CCN1CCCC1. The number of rotatable bonds is 8. The molecule has 0 radical (unpaired) electrons. The first-order valence-electron chi connectivity index (χ1n) is 12.3. The number of likely N-dealkylation sites (tertiary alicyclic amines) is 1. The van der Waals surface area contributed by atoms with E-state index in [2.05, 4.69) is 45.2 Å². The second-order valence-corrected chi connectivity index (χ2v) is 8.89. The van der Waals surface area contributed by atoms with E-state index in [-0.39, 0.29) is 5.91 Å². The van der Waals surface area contributed by atoms with E-state index in [1.54, 1.807) is 6.20 Å². The van der Waals surface area contributed by atoms with Crippen LogP contribution in [0.2, 0.25) is 0 Å². The molecule has 0 aliphatic carbocycles. The molecule has 5 rings (SSSR count). The quantitative estimate of drug-likeness (QED) is 0.357. The van der Waals surface area contributed by atoms with E-state index >= 15 is 0 Å². The summed E-state index contributed by atoms with van der Waals surface area (Å²) in [5, 5.41) is 0. The van der Waals surface area contributed by atoms with E-state index in [1.165, 1.54) is 12.8 Å². The van der Waals surface area contributed by atoms with Crippen LogP contribution in [0.15, 0.2) is 97.2 Å². The summed E-state index contributed by atoms with van der Waals surface area (Å²) >= 11 is 0. The smallest absolute Gasteiger partial charge is 0.274 e. The third-order valence-electron chi connectivity index (χ3n) is 6.53. The number of hydrogen-bond acceptors (Lipinski definition) is 4. The number of carbonyl (C=O) groups is 1. The topological polar surface area (TPSA) is 49.3 Å². The molecule has 1 amide bonds. The van der Waals surface area contributed by atoms with E-state index in [4.69, 9.17) is 0 Å². The lowest BCUT2D eigenvalue weighted by Gasteiger charge is -2.25. The average Bonchev–Trinajstić information content (AvgIpc) is 3.45. The van der Waals surface area contributed by atoms with Gasteiger partial charge in [-0.05, 0) is 54.8 Å². The van der Waals surface area contributed by atoms with Crippen LogP contribution in [0.5, 0.6) is 0 Å². The molecule has 0 unspecified atom stereocenters. The lowest BCUT2D eigenvalue weighted by Crippen LogP contribution is -2.38. The van der Waals surface area contributed by atoms with Crippen LogP contribution in [0.25, 0.3) is 16.6 Å². The molecule has 2 heterocycles. The minimum absolute atomic E-state index is 0.0841. The molecule has 4 aromatic rings. The number of fused-ring (bicyclic) bond motifs is 1. The Morgan fingerprint density at radius 2 is 1.43 bits per heavy atom. The lowest BCUT2D eigenvalue weighted by molar-refractivity contribution is 0.0754. The molecule has 1 aliphatic rings. The molecule has 5 heteroatoms. The van der Waals surface area contributed by atoms with Crippen molar-refractivity contribution in [3.8, 4) is 0 Å². The minimum Gasteiger partial charge on any atom is -0.332 e. The molecule has 1 aromatic heterocycles. The van der Waals surface area contributed by atoms with Crippen LogP contribution in [-0.2, 0) is 0 Å². The van der Waals surface area contributed by atoms with E-state index in [1.807, 2.05) is 65.6 Å². The number of aromatic nitrogens is 2. The van der Waals surface area contributed by atoms with Crippen LogP contribution in [-0.4, -0.2) is 58.4 Å². The summed E-state index contributed by atoms with van der Waals surface area (Å²) in [6.45, 7) is 4.23. The van der Waals surface area contributed by atoms with Gasteiger partial charge in [-0.3, -0.25) is 9.78 Å². The largest absolute Gasteiger partial charge is 0.332 e. The number of hydrogen-bond donors (Lipinski definition) is 0. The van der Waals surface area contributed by atoms with Crippen molar-refractivity contribution in [1.29, 1.82) is 0 Å². The van der Waals surface area contributed by atoms with Gasteiger partial charge < -0.3 is 9.80 Å². The molecular formula is C30H30N4O. The molecular weight excluding hydrogens is 432 g/mol. The van der Waals surface area contributed by atoms with Crippen molar-refractivity contribution in [1.82, 2.24) is 19.8 Å². The van der Waals surface area contributed by atoms with Gasteiger partial charge in [0.15, 0.2) is 0 Å². The van der Waals surface area contributed by atoms with Crippen molar-refractivity contribution >= 4 is 22.5 Å². The van der Waals surface area contributed by atoms with E-state index in [0.29, 0.717) is 18.8 Å². The first-order chi connectivity index (χ1) is 17.3. The Morgan fingerprint density at radius 1 is 0.829 bits per heavy atom. The van der Waals surface area contributed by atoms with Crippen LogP contribution in [0.1, 0.15) is 34.5 Å². The van der Waals surface area contributed by atoms with Gasteiger partial charge in [0.1, 0.15) is 5.69 Å². The highest BCUT2D eigenvalue weighted by Crippen LogP contribution is 2.23. The molecule has 176 valence electrons. The van der Waals surface area contributed by atoms with Gasteiger partial charge in [-0.25, -0.2) is 4.98 Å². The fourth-order valence-electron chi connectivity index (χ4n) is 4.61. The number of nitrogens with zero attached hydrogens (tertiary/aromatic N) is 4. The second-order valence-electron chi connectivity index (χ2n) is 8.89. The van der Waals surface area contributed by atoms with E-state index < -0.39 is 0 Å². The zero-order chi connectivity index (χ0) is 23.9. The molecule has 1 fully saturated rings. The van der Waals surface area contributed by atoms with Gasteiger partial charge in [-0.1, -0.05) is 78.9 Å². The molecule has 35 heavy (non-hydrogen) atoms. The number of carbonyl (C=O) groups excluding carboxylic acids is 1. The van der Waals surface area contributed by atoms with Gasteiger partial charge in [0.2, 0.25) is 0 Å². The van der Waals surface area contributed by atoms with E-state index in [9.17, 15) is 4.79 Å². The minimum atomic E-state index is -0.0841. The molecule has 0 N–H and O–H groups in total. The van der Waals surface area contributed by atoms with Gasteiger partial charge in [0.25, 0.3) is 5.91 Å². The Labute approximate surface area is 206 Å². The summed E-state index contributed by atoms with van der Waals surface area (Å²) in [5.74, 6) is -0.0841. The Kier molecular flexibility index (Phi) is 7.25. The van der Waals surface area contributed by atoms with Crippen LogP contribution < -0.4 is 0 Å². The van der Waals surface area contributed by atoms with Crippen LogP contribution in [0, 0.1) is 0 Å². The highest BCUT2D eigenvalue weighted by atomic mass is 16.2. The molecule has 1 saturated heterocycles. The van der Waals surface area contributed by atoms with Crippen LogP contribution in [0.3, 0.4) is 0 Å². The summed E-state index contributed by atoms with van der Waals surface area (Å²) in [7, 11) is 0. The second kappa shape index (κ2) is 11.1. The van der Waals surface area contributed by atoms with Gasteiger partial charge in [0.05, 0.1) is 17.2 Å². The molecule has 0 spiro atoms. The van der Waals surface area contributed by atoms with Gasteiger partial charge >= 0.3 is 0 Å². The summed E-state index contributed by atoms with van der Waals surface area (Å²) < 4.78 is 0. The highest BCUT2D eigenvalue weighted by molar-refractivity contribution is 5.94.